The highest BCUT2D eigenvalue weighted by molar-refractivity contribution is 6.46. The van der Waals surface area contributed by atoms with Crippen molar-refractivity contribution in [2.45, 2.75) is 13.5 Å². The van der Waals surface area contributed by atoms with Crippen LogP contribution in [0.1, 0.15) is 21.6 Å². The van der Waals surface area contributed by atoms with Crippen LogP contribution in [0.25, 0.3) is 0 Å². The van der Waals surface area contributed by atoms with Crippen molar-refractivity contribution >= 4 is 17.4 Å². The number of aromatic nitrogens is 1. The molecule has 1 heterocycles. The van der Waals surface area contributed by atoms with Crippen molar-refractivity contribution in [2.24, 2.45) is 0 Å². The molecule has 0 aliphatic carbocycles. The van der Waals surface area contributed by atoms with Gasteiger partial charge in [0.1, 0.15) is 5.82 Å². The van der Waals surface area contributed by atoms with Gasteiger partial charge in [0.05, 0.1) is 5.69 Å². The number of Topliss-reactive ketones (excluding diaryl/α,β-unsaturated/α-hetero) is 1. The molecule has 0 saturated heterocycles. The summed E-state index contributed by atoms with van der Waals surface area (Å²) in [5, 5.41) is 2.55. The summed E-state index contributed by atoms with van der Waals surface area (Å²) < 4.78 is 14.9. The third-order valence-electron chi connectivity index (χ3n) is 3.90. The molecular formula is C20H17FN2O2. The van der Waals surface area contributed by atoms with Crippen molar-refractivity contribution in [3.05, 3.63) is 89.5 Å². The zero-order valence-corrected chi connectivity index (χ0v) is 13.7. The predicted molar refractivity (Wildman–Crippen MR) is 94.1 cm³/mol. The minimum Gasteiger partial charge on any atom is -0.340 e. The maximum absolute atomic E-state index is 13.1. The summed E-state index contributed by atoms with van der Waals surface area (Å²) in [4.78, 5) is 24.8. The Kier molecular flexibility index (Phi) is 4.75. The van der Waals surface area contributed by atoms with Crippen LogP contribution in [0.5, 0.6) is 0 Å². The first kappa shape index (κ1) is 16.6. The van der Waals surface area contributed by atoms with Crippen molar-refractivity contribution in [2.75, 3.05) is 5.32 Å². The Hall–Kier alpha value is -3.21. The van der Waals surface area contributed by atoms with E-state index >= 15 is 0 Å². The number of amides is 1. The van der Waals surface area contributed by atoms with Crippen LogP contribution in [0.2, 0.25) is 0 Å². The van der Waals surface area contributed by atoms with E-state index in [1.165, 1.54) is 18.2 Å². The Morgan fingerprint density at radius 3 is 2.52 bits per heavy atom. The van der Waals surface area contributed by atoms with Crippen LogP contribution in [0.4, 0.5) is 10.1 Å². The summed E-state index contributed by atoms with van der Waals surface area (Å²) in [7, 11) is 0. The van der Waals surface area contributed by atoms with Gasteiger partial charge in [0.15, 0.2) is 0 Å². The molecule has 0 unspecified atom stereocenters. The second-order valence-corrected chi connectivity index (χ2v) is 5.75. The number of ketones is 1. The second-order valence-electron chi connectivity index (χ2n) is 5.75. The van der Waals surface area contributed by atoms with Gasteiger partial charge in [-0.25, -0.2) is 4.39 Å². The molecule has 0 saturated carbocycles. The predicted octanol–water partition coefficient (Wildman–Crippen LogP) is 3.81. The molecule has 0 radical (unpaired) electrons. The molecule has 5 heteroatoms. The molecule has 0 bridgehead atoms. The topological polar surface area (TPSA) is 51.1 Å². The lowest BCUT2D eigenvalue weighted by Crippen LogP contribution is -2.25. The molecule has 3 rings (SSSR count). The van der Waals surface area contributed by atoms with Gasteiger partial charge in [-0.2, -0.15) is 0 Å². The minimum absolute atomic E-state index is 0.307. The van der Waals surface area contributed by atoms with Crippen LogP contribution < -0.4 is 5.32 Å². The fraction of sp³-hybridized carbons (Fsp3) is 0.100. The molecular weight excluding hydrogens is 319 g/mol. The van der Waals surface area contributed by atoms with Crippen molar-refractivity contribution in [1.29, 1.82) is 0 Å². The first-order valence-electron chi connectivity index (χ1n) is 7.85. The normalized spacial score (nSPS) is 10.5. The number of carbonyl (C=O) groups excluding carboxylic acids is 2. The molecule has 2 aromatic carbocycles. The molecule has 1 aromatic heterocycles. The number of carbonyl (C=O) groups is 2. The van der Waals surface area contributed by atoms with Crippen LogP contribution in [0, 0.1) is 12.7 Å². The van der Waals surface area contributed by atoms with E-state index in [-0.39, 0.29) is 0 Å². The number of halogens is 1. The lowest BCUT2D eigenvalue weighted by molar-refractivity contribution is -0.112. The van der Waals surface area contributed by atoms with E-state index in [1.807, 2.05) is 30.3 Å². The minimum atomic E-state index is -0.747. The van der Waals surface area contributed by atoms with Crippen molar-refractivity contribution < 1.29 is 14.0 Å². The van der Waals surface area contributed by atoms with Crippen molar-refractivity contribution in [1.82, 2.24) is 4.57 Å². The average molecular weight is 336 g/mol. The number of hydrogen-bond acceptors (Lipinski definition) is 2. The summed E-state index contributed by atoms with van der Waals surface area (Å²) in [5.41, 5.74) is 2.31. The smallest absolute Gasteiger partial charge is 0.298 e. The number of rotatable bonds is 5. The number of nitrogens with zero attached hydrogens (tertiary/aromatic N) is 1. The molecule has 0 aliphatic heterocycles. The number of hydrogen-bond donors (Lipinski definition) is 1. The summed E-state index contributed by atoms with van der Waals surface area (Å²) in [6, 6.07) is 17.0. The van der Waals surface area contributed by atoms with Crippen LogP contribution in [-0.2, 0) is 11.3 Å². The maximum Gasteiger partial charge on any atom is 0.298 e. The third kappa shape index (κ3) is 3.83. The highest BCUT2D eigenvalue weighted by atomic mass is 19.1. The Balaban J connectivity index is 1.77. The van der Waals surface area contributed by atoms with E-state index in [4.69, 9.17) is 0 Å². The van der Waals surface area contributed by atoms with Gasteiger partial charge in [0, 0.05) is 18.4 Å². The van der Waals surface area contributed by atoms with Crippen molar-refractivity contribution in [3.63, 3.8) is 0 Å². The van der Waals surface area contributed by atoms with E-state index < -0.39 is 17.5 Å². The van der Waals surface area contributed by atoms with E-state index in [9.17, 15) is 14.0 Å². The van der Waals surface area contributed by atoms with E-state index in [2.05, 4.69) is 5.32 Å². The lowest BCUT2D eigenvalue weighted by atomic mass is 10.1. The molecule has 3 aromatic rings. The maximum atomic E-state index is 13.1. The Morgan fingerprint density at radius 1 is 1.04 bits per heavy atom. The monoisotopic (exact) mass is 336 g/mol. The van der Waals surface area contributed by atoms with E-state index in [0.29, 0.717) is 23.5 Å². The van der Waals surface area contributed by atoms with Gasteiger partial charge in [-0.3, -0.25) is 9.59 Å². The first-order chi connectivity index (χ1) is 12.0. The summed E-state index contributed by atoms with van der Waals surface area (Å²) >= 11 is 0. The summed E-state index contributed by atoms with van der Waals surface area (Å²) in [6.45, 7) is 2.17. The number of benzene rings is 2. The molecule has 25 heavy (non-hydrogen) atoms. The molecule has 0 atom stereocenters. The fourth-order valence-electron chi connectivity index (χ4n) is 2.60. The largest absolute Gasteiger partial charge is 0.340 e. The third-order valence-corrected chi connectivity index (χ3v) is 3.90. The van der Waals surface area contributed by atoms with Gasteiger partial charge in [-0.15, -0.1) is 0 Å². The van der Waals surface area contributed by atoms with Gasteiger partial charge in [0.2, 0.25) is 0 Å². The van der Waals surface area contributed by atoms with Gasteiger partial charge < -0.3 is 9.88 Å². The highest BCUT2D eigenvalue weighted by Gasteiger charge is 2.20. The Morgan fingerprint density at radius 2 is 1.80 bits per heavy atom. The number of nitrogens with one attached hydrogen (secondary N) is 1. The second kappa shape index (κ2) is 7.13. The fourth-order valence-corrected chi connectivity index (χ4v) is 2.60. The molecule has 0 aliphatic rings. The quantitative estimate of drug-likeness (QED) is 0.569. The van der Waals surface area contributed by atoms with Crippen LogP contribution in [0.3, 0.4) is 0 Å². The lowest BCUT2D eigenvalue weighted by Gasteiger charge is -2.10. The van der Waals surface area contributed by atoms with E-state index in [0.717, 1.165) is 5.56 Å². The molecule has 1 N–H and O–H groups in total. The van der Waals surface area contributed by atoms with Gasteiger partial charge >= 0.3 is 0 Å². The van der Waals surface area contributed by atoms with Crippen LogP contribution in [-0.4, -0.2) is 16.3 Å². The molecule has 1 amide bonds. The molecule has 0 spiro atoms. The van der Waals surface area contributed by atoms with Gasteiger partial charge in [-0.1, -0.05) is 30.3 Å². The zero-order chi connectivity index (χ0) is 17.8. The molecule has 4 nitrogen and oxygen atoms in total. The Labute approximate surface area is 144 Å². The number of anilines is 1. The molecule has 0 fully saturated rings. The molecule has 126 valence electrons. The van der Waals surface area contributed by atoms with Crippen LogP contribution in [0.15, 0.2) is 66.9 Å². The zero-order valence-electron chi connectivity index (χ0n) is 13.7. The first-order valence-corrected chi connectivity index (χ1v) is 7.85. The van der Waals surface area contributed by atoms with Gasteiger partial charge in [0.25, 0.3) is 11.7 Å². The highest BCUT2D eigenvalue weighted by Crippen LogP contribution is 2.16. The van der Waals surface area contributed by atoms with Gasteiger partial charge in [-0.05, 0) is 48.4 Å². The standard InChI is InChI=1S/C20H17FN2O2/c1-14-12-16(21)9-10-17(14)22-20(25)19(24)18-8-5-11-23(18)13-15-6-3-2-4-7-15/h2-12H,13H2,1H3,(H,22,25). The van der Waals surface area contributed by atoms with E-state index in [1.54, 1.807) is 29.8 Å². The average Bonchev–Trinajstić information content (AvgIpc) is 3.05. The summed E-state index contributed by atoms with van der Waals surface area (Å²) in [6.07, 6.45) is 1.76. The SMILES string of the molecule is Cc1cc(F)ccc1NC(=O)C(=O)c1cccn1Cc1ccccc1. The van der Waals surface area contributed by atoms with Crippen molar-refractivity contribution in [3.8, 4) is 0 Å². The Bertz CT molecular complexity index is 916. The van der Waals surface area contributed by atoms with Crippen LogP contribution >= 0.6 is 0 Å². The summed E-state index contributed by atoms with van der Waals surface area (Å²) in [5.74, 6) is -1.77. The number of aryl methyl sites for hydroxylation is 1.